The van der Waals surface area contributed by atoms with Gasteiger partial charge in [-0.25, -0.2) is 0 Å². The fourth-order valence-electron chi connectivity index (χ4n) is 5.34. The van der Waals surface area contributed by atoms with Crippen molar-refractivity contribution in [3.05, 3.63) is 35.9 Å². The zero-order valence-electron chi connectivity index (χ0n) is 14.8. The second kappa shape index (κ2) is 5.32. The van der Waals surface area contributed by atoms with Crippen LogP contribution in [0.25, 0.3) is 0 Å². The number of carbonyl (C=O) groups is 1. The first-order valence-corrected chi connectivity index (χ1v) is 9.00. The van der Waals surface area contributed by atoms with Crippen LogP contribution in [0.4, 0.5) is 0 Å². The Bertz CT molecular complexity index is 760. The highest BCUT2D eigenvalue weighted by Gasteiger charge is 2.69. The van der Waals surface area contributed by atoms with Gasteiger partial charge in [0.1, 0.15) is 0 Å². The van der Waals surface area contributed by atoms with Crippen LogP contribution in [0.15, 0.2) is 24.8 Å². The van der Waals surface area contributed by atoms with Gasteiger partial charge in [0.2, 0.25) is 0 Å². The van der Waals surface area contributed by atoms with Crippen molar-refractivity contribution in [1.82, 2.24) is 4.90 Å². The quantitative estimate of drug-likeness (QED) is 0.818. The molecule has 3 aliphatic rings. The number of likely N-dealkylation sites (N-methyl/N-ethyl adjacent to an activating group) is 1. The number of nitrogens with zero attached hydrogens (tertiary/aromatic N) is 1. The minimum Gasteiger partial charge on any atom is -0.504 e. The van der Waals surface area contributed by atoms with Gasteiger partial charge < -0.3 is 14.9 Å². The summed E-state index contributed by atoms with van der Waals surface area (Å²) >= 11 is 0. The Balaban J connectivity index is 1.95. The molecular weight excluding hydrogens is 318 g/mol. The number of aliphatic hydroxyl groups is 1. The van der Waals surface area contributed by atoms with Gasteiger partial charge in [-0.05, 0) is 37.9 Å². The maximum absolute atomic E-state index is 12.6. The summed E-state index contributed by atoms with van der Waals surface area (Å²) < 4.78 is 5.94. The number of Topliss-reactive ketones (excluding diaryl/α,β-unsaturated/α-hetero) is 1. The fraction of sp³-hybridized carbons (Fsp3) is 0.550. The first kappa shape index (κ1) is 16.6. The molecule has 0 aromatic heterocycles. The Morgan fingerprint density at radius 2 is 2.24 bits per heavy atom. The first-order chi connectivity index (χ1) is 11.9. The van der Waals surface area contributed by atoms with E-state index in [9.17, 15) is 15.0 Å². The molecule has 1 fully saturated rings. The molecule has 1 saturated carbocycles. The van der Waals surface area contributed by atoms with Crippen molar-refractivity contribution >= 4 is 5.78 Å². The second-order valence-electron chi connectivity index (χ2n) is 7.63. The molecule has 0 unspecified atom stereocenters. The number of benzene rings is 1. The summed E-state index contributed by atoms with van der Waals surface area (Å²) in [5, 5.41) is 22.2. The zero-order chi connectivity index (χ0) is 18.0. The van der Waals surface area contributed by atoms with Crippen LogP contribution < -0.4 is 4.74 Å². The minimum absolute atomic E-state index is 0.00106. The van der Waals surface area contributed by atoms with E-state index in [0.717, 1.165) is 17.7 Å². The monoisotopic (exact) mass is 343 g/mol. The van der Waals surface area contributed by atoms with Gasteiger partial charge in [0.05, 0.1) is 11.0 Å². The molecule has 5 heteroatoms. The summed E-state index contributed by atoms with van der Waals surface area (Å²) in [6, 6.07) is 3.41. The standard InChI is InChI=1S/C20H25NO4/c1-4-10-21(5-2)15-11-12-6-7-13(22)17-16(12)19(3)18(25-17)14(23)8-9-20(15,19)24/h4,6-7,15,18,22,24H,1,5,8-11H2,2-3H3/t15-,18+,19+,20-/m1/s1. The van der Waals surface area contributed by atoms with Crippen LogP contribution >= 0.6 is 0 Å². The number of aromatic hydroxyl groups is 1. The number of hydrogen-bond donors (Lipinski definition) is 2. The zero-order valence-corrected chi connectivity index (χ0v) is 14.8. The summed E-state index contributed by atoms with van der Waals surface area (Å²) in [6.07, 6.45) is 2.49. The van der Waals surface area contributed by atoms with Gasteiger partial charge in [-0.1, -0.05) is 19.1 Å². The van der Waals surface area contributed by atoms with E-state index in [1.165, 1.54) is 0 Å². The molecule has 5 nitrogen and oxygen atoms in total. The van der Waals surface area contributed by atoms with Crippen LogP contribution in [-0.4, -0.2) is 51.7 Å². The number of ketones is 1. The summed E-state index contributed by atoms with van der Waals surface area (Å²) in [5.41, 5.74) is -0.0662. The van der Waals surface area contributed by atoms with Gasteiger partial charge in [-0.2, -0.15) is 0 Å². The number of phenols is 1. The average molecular weight is 343 g/mol. The van der Waals surface area contributed by atoms with E-state index in [4.69, 9.17) is 4.74 Å². The molecular formula is C20H25NO4. The van der Waals surface area contributed by atoms with Crippen LogP contribution in [-0.2, 0) is 16.6 Å². The SMILES string of the molecule is C=CCN(CC)[C@@H]1Cc2ccc(O)c3c2[C@@]2(C)[C@@H](O3)C(=O)CC[C@@]12O. The third-order valence-electron chi connectivity index (χ3n) is 6.62. The molecule has 4 atom stereocenters. The molecule has 0 radical (unpaired) electrons. The van der Waals surface area contributed by atoms with E-state index in [0.29, 0.717) is 31.6 Å². The molecule has 2 N–H and O–H groups in total. The highest BCUT2D eigenvalue weighted by atomic mass is 16.5. The van der Waals surface area contributed by atoms with E-state index in [1.54, 1.807) is 6.07 Å². The number of hydrogen-bond acceptors (Lipinski definition) is 5. The second-order valence-corrected chi connectivity index (χ2v) is 7.63. The highest BCUT2D eigenvalue weighted by molar-refractivity contribution is 5.89. The maximum atomic E-state index is 12.6. The van der Waals surface area contributed by atoms with Crippen LogP contribution in [0, 0.1) is 0 Å². The van der Waals surface area contributed by atoms with Gasteiger partial charge >= 0.3 is 0 Å². The average Bonchev–Trinajstić information content (AvgIpc) is 2.93. The molecule has 4 rings (SSSR count). The number of carbonyl (C=O) groups excluding carboxylic acids is 1. The Kier molecular flexibility index (Phi) is 3.54. The minimum atomic E-state index is -1.09. The lowest BCUT2D eigenvalue weighted by Crippen LogP contribution is -2.72. The predicted octanol–water partition coefficient (Wildman–Crippen LogP) is 1.94. The molecule has 134 valence electrons. The number of rotatable bonds is 4. The lowest BCUT2D eigenvalue weighted by Gasteiger charge is -2.57. The van der Waals surface area contributed by atoms with Gasteiger partial charge in [-0.15, -0.1) is 6.58 Å². The van der Waals surface area contributed by atoms with E-state index < -0.39 is 17.1 Å². The van der Waals surface area contributed by atoms with Gasteiger partial charge in [0.15, 0.2) is 23.4 Å². The van der Waals surface area contributed by atoms with Gasteiger partial charge in [0, 0.05) is 24.6 Å². The van der Waals surface area contributed by atoms with Crippen molar-refractivity contribution in [1.29, 1.82) is 0 Å². The fourth-order valence-corrected chi connectivity index (χ4v) is 5.34. The molecule has 0 spiro atoms. The molecule has 0 bridgehead atoms. The molecule has 1 heterocycles. The Labute approximate surface area is 147 Å². The predicted molar refractivity (Wildman–Crippen MR) is 94.0 cm³/mol. The van der Waals surface area contributed by atoms with E-state index in [-0.39, 0.29) is 17.6 Å². The lowest BCUT2D eigenvalue weighted by atomic mass is 9.52. The topological polar surface area (TPSA) is 70.0 Å². The molecule has 0 saturated heterocycles. The van der Waals surface area contributed by atoms with Gasteiger partial charge in [0.25, 0.3) is 0 Å². The lowest BCUT2D eigenvalue weighted by molar-refractivity contribution is -0.165. The van der Waals surface area contributed by atoms with Crippen molar-refractivity contribution in [2.45, 2.75) is 56.3 Å². The van der Waals surface area contributed by atoms with Crippen molar-refractivity contribution in [2.75, 3.05) is 13.1 Å². The summed E-state index contributed by atoms with van der Waals surface area (Å²) in [5.74, 6) is 0.423. The van der Waals surface area contributed by atoms with Gasteiger partial charge in [-0.3, -0.25) is 9.69 Å². The van der Waals surface area contributed by atoms with E-state index >= 15 is 0 Å². The van der Waals surface area contributed by atoms with E-state index in [2.05, 4.69) is 18.4 Å². The normalized spacial score (nSPS) is 35.4. The Morgan fingerprint density at radius 1 is 1.48 bits per heavy atom. The van der Waals surface area contributed by atoms with Crippen molar-refractivity contribution in [2.24, 2.45) is 0 Å². The molecule has 0 amide bonds. The molecule has 2 aliphatic carbocycles. The largest absolute Gasteiger partial charge is 0.504 e. The van der Waals surface area contributed by atoms with Crippen molar-refractivity contribution < 1.29 is 19.7 Å². The Hall–Kier alpha value is -1.85. The smallest absolute Gasteiger partial charge is 0.174 e. The van der Waals surface area contributed by atoms with Crippen LogP contribution in [0.3, 0.4) is 0 Å². The molecule has 1 aromatic rings. The van der Waals surface area contributed by atoms with E-state index in [1.807, 2.05) is 19.1 Å². The van der Waals surface area contributed by atoms with Crippen LogP contribution in [0.1, 0.15) is 37.8 Å². The molecule has 1 aliphatic heterocycles. The van der Waals surface area contributed by atoms with Crippen LogP contribution in [0.5, 0.6) is 11.5 Å². The van der Waals surface area contributed by atoms with Crippen molar-refractivity contribution in [3.8, 4) is 11.5 Å². The third-order valence-corrected chi connectivity index (χ3v) is 6.62. The maximum Gasteiger partial charge on any atom is 0.174 e. The summed E-state index contributed by atoms with van der Waals surface area (Å²) in [6.45, 7) is 9.31. The number of ether oxygens (including phenoxy) is 1. The Morgan fingerprint density at radius 3 is 2.92 bits per heavy atom. The summed E-state index contributed by atoms with van der Waals surface area (Å²) in [7, 11) is 0. The van der Waals surface area contributed by atoms with Crippen molar-refractivity contribution in [3.63, 3.8) is 0 Å². The first-order valence-electron chi connectivity index (χ1n) is 9.00. The third kappa shape index (κ3) is 1.88. The van der Waals surface area contributed by atoms with Crippen LogP contribution in [0.2, 0.25) is 0 Å². The summed E-state index contributed by atoms with van der Waals surface area (Å²) in [4.78, 5) is 14.8. The highest BCUT2D eigenvalue weighted by Crippen LogP contribution is 2.61. The molecule has 1 aromatic carbocycles. The molecule has 25 heavy (non-hydrogen) atoms. The number of phenolic OH excluding ortho intramolecular Hbond substituents is 1.